The van der Waals surface area contributed by atoms with E-state index >= 15 is 0 Å². The quantitative estimate of drug-likeness (QED) is 0.486. The third-order valence-electron chi connectivity index (χ3n) is 3.13. The van der Waals surface area contributed by atoms with E-state index in [2.05, 4.69) is 16.0 Å². The van der Waals surface area contributed by atoms with Crippen LogP contribution in [-0.4, -0.2) is 43.2 Å². The Labute approximate surface area is 141 Å². The summed E-state index contributed by atoms with van der Waals surface area (Å²) in [5, 5.41) is 7.83. The van der Waals surface area contributed by atoms with Crippen molar-refractivity contribution in [3.63, 3.8) is 0 Å². The summed E-state index contributed by atoms with van der Waals surface area (Å²) >= 11 is 5.70. The van der Waals surface area contributed by atoms with Gasteiger partial charge in [-0.15, -0.1) is 11.6 Å². The average Bonchev–Trinajstić information content (AvgIpc) is 2.57. The normalized spacial score (nSPS) is 10.7. The monoisotopic (exact) mass is 339 g/mol. The van der Waals surface area contributed by atoms with Gasteiger partial charge in [-0.1, -0.05) is 18.2 Å². The highest BCUT2D eigenvalue weighted by Crippen LogP contribution is 2.16. The van der Waals surface area contributed by atoms with Crippen LogP contribution in [0, 0.1) is 5.41 Å². The summed E-state index contributed by atoms with van der Waals surface area (Å²) < 4.78 is 0. The van der Waals surface area contributed by atoms with Crippen LogP contribution in [-0.2, 0) is 9.59 Å². The summed E-state index contributed by atoms with van der Waals surface area (Å²) in [5.74, 6) is -0.575. The van der Waals surface area contributed by atoms with Crippen LogP contribution in [0.15, 0.2) is 30.3 Å². The van der Waals surface area contributed by atoms with E-state index in [1.807, 2.05) is 6.07 Å². The zero-order valence-electron chi connectivity index (χ0n) is 13.3. The standard InChI is InChI=1S/C16H22ClN3O3/c1-16(2,11-17)15(23)19-9-8-18-13(21)10-20-14(22)12-6-4-3-5-7-12/h3-7H,8-11H2,1-2H3,(H,18,21)(H,19,23)(H,20,22). The fourth-order valence-corrected chi connectivity index (χ4v) is 1.71. The zero-order chi connectivity index (χ0) is 17.3. The predicted octanol–water partition coefficient (Wildman–Crippen LogP) is 0.914. The molecule has 23 heavy (non-hydrogen) atoms. The van der Waals surface area contributed by atoms with E-state index in [9.17, 15) is 14.4 Å². The molecule has 3 N–H and O–H groups in total. The number of halogens is 1. The Morgan fingerprint density at radius 2 is 1.61 bits per heavy atom. The average molecular weight is 340 g/mol. The summed E-state index contributed by atoms with van der Waals surface area (Å²) in [6.45, 7) is 3.95. The molecule has 0 heterocycles. The number of hydrogen-bond acceptors (Lipinski definition) is 3. The van der Waals surface area contributed by atoms with E-state index in [0.717, 1.165) is 0 Å². The molecule has 0 unspecified atom stereocenters. The van der Waals surface area contributed by atoms with Crippen molar-refractivity contribution in [1.29, 1.82) is 0 Å². The number of nitrogens with one attached hydrogen (secondary N) is 3. The maximum absolute atomic E-state index is 11.8. The molecule has 126 valence electrons. The minimum Gasteiger partial charge on any atom is -0.354 e. The first kappa shape index (κ1) is 19.0. The maximum atomic E-state index is 11.8. The van der Waals surface area contributed by atoms with E-state index in [0.29, 0.717) is 12.1 Å². The number of hydrogen-bond donors (Lipinski definition) is 3. The smallest absolute Gasteiger partial charge is 0.251 e. The first-order chi connectivity index (χ1) is 10.9. The minimum atomic E-state index is -0.644. The van der Waals surface area contributed by atoms with Gasteiger partial charge in [0, 0.05) is 24.5 Å². The Hall–Kier alpha value is -2.08. The number of amides is 3. The lowest BCUT2D eigenvalue weighted by Crippen LogP contribution is -2.43. The van der Waals surface area contributed by atoms with Crippen LogP contribution in [0.3, 0.4) is 0 Å². The number of alkyl halides is 1. The SMILES string of the molecule is CC(C)(CCl)C(=O)NCCNC(=O)CNC(=O)c1ccccc1. The molecule has 0 aliphatic rings. The Kier molecular flexibility index (Phi) is 7.54. The zero-order valence-corrected chi connectivity index (χ0v) is 14.1. The molecule has 3 amide bonds. The van der Waals surface area contributed by atoms with E-state index in [1.54, 1.807) is 38.1 Å². The lowest BCUT2D eigenvalue weighted by Gasteiger charge is -2.20. The van der Waals surface area contributed by atoms with Crippen molar-refractivity contribution in [2.45, 2.75) is 13.8 Å². The van der Waals surface area contributed by atoms with Gasteiger partial charge in [0.2, 0.25) is 11.8 Å². The van der Waals surface area contributed by atoms with Crippen molar-refractivity contribution in [3.8, 4) is 0 Å². The van der Waals surface area contributed by atoms with E-state index in [4.69, 9.17) is 11.6 Å². The number of carbonyl (C=O) groups excluding carboxylic acids is 3. The van der Waals surface area contributed by atoms with Crippen LogP contribution in [0.5, 0.6) is 0 Å². The molecule has 0 radical (unpaired) electrons. The van der Waals surface area contributed by atoms with E-state index < -0.39 is 5.41 Å². The topological polar surface area (TPSA) is 87.3 Å². The second-order valence-corrected chi connectivity index (χ2v) is 5.94. The minimum absolute atomic E-state index is 0.116. The van der Waals surface area contributed by atoms with Gasteiger partial charge in [-0.05, 0) is 26.0 Å². The molecular formula is C16H22ClN3O3. The second-order valence-electron chi connectivity index (χ2n) is 5.67. The van der Waals surface area contributed by atoms with Gasteiger partial charge in [0.1, 0.15) is 0 Å². The fourth-order valence-electron chi connectivity index (χ4n) is 1.59. The number of rotatable bonds is 8. The van der Waals surface area contributed by atoms with E-state index in [-0.39, 0.29) is 36.7 Å². The van der Waals surface area contributed by atoms with Crippen molar-refractivity contribution in [1.82, 2.24) is 16.0 Å². The molecule has 1 aromatic carbocycles. The molecule has 0 aromatic heterocycles. The van der Waals surface area contributed by atoms with E-state index in [1.165, 1.54) is 0 Å². The first-order valence-electron chi connectivity index (χ1n) is 7.31. The lowest BCUT2D eigenvalue weighted by molar-refractivity contribution is -0.128. The molecule has 0 spiro atoms. The van der Waals surface area contributed by atoms with Gasteiger partial charge in [0.05, 0.1) is 12.0 Å². The second kappa shape index (κ2) is 9.15. The highest BCUT2D eigenvalue weighted by Gasteiger charge is 2.25. The predicted molar refractivity (Wildman–Crippen MR) is 89.3 cm³/mol. The van der Waals surface area contributed by atoms with Crippen molar-refractivity contribution >= 4 is 29.3 Å². The molecular weight excluding hydrogens is 318 g/mol. The summed E-state index contributed by atoms with van der Waals surface area (Å²) in [6.07, 6.45) is 0. The molecule has 1 aromatic rings. The lowest BCUT2D eigenvalue weighted by atomic mass is 9.95. The Balaban J connectivity index is 2.20. The molecule has 0 atom stereocenters. The van der Waals surface area contributed by atoms with Gasteiger partial charge >= 0.3 is 0 Å². The van der Waals surface area contributed by atoms with Crippen LogP contribution in [0.4, 0.5) is 0 Å². The molecule has 0 aliphatic heterocycles. The Bertz CT molecular complexity index is 547. The maximum Gasteiger partial charge on any atom is 0.251 e. The Morgan fingerprint density at radius 1 is 1.00 bits per heavy atom. The highest BCUT2D eigenvalue weighted by molar-refractivity contribution is 6.19. The molecule has 7 heteroatoms. The van der Waals surface area contributed by atoms with Crippen LogP contribution in [0.2, 0.25) is 0 Å². The van der Waals surface area contributed by atoms with Crippen LogP contribution < -0.4 is 16.0 Å². The molecule has 1 rings (SSSR count). The summed E-state index contributed by atoms with van der Waals surface area (Å²) in [5.41, 5.74) is -0.147. The fraction of sp³-hybridized carbons (Fsp3) is 0.438. The van der Waals surface area contributed by atoms with Crippen molar-refractivity contribution in [2.24, 2.45) is 5.41 Å². The van der Waals surface area contributed by atoms with Crippen molar-refractivity contribution in [3.05, 3.63) is 35.9 Å². The molecule has 0 aliphatic carbocycles. The largest absolute Gasteiger partial charge is 0.354 e. The summed E-state index contributed by atoms with van der Waals surface area (Å²) in [4.78, 5) is 35.1. The van der Waals surface area contributed by atoms with Crippen LogP contribution in [0.1, 0.15) is 24.2 Å². The van der Waals surface area contributed by atoms with Gasteiger partial charge < -0.3 is 16.0 Å². The first-order valence-corrected chi connectivity index (χ1v) is 7.84. The van der Waals surface area contributed by atoms with Crippen LogP contribution >= 0.6 is 11.6 Å². The van der Waals surface area contributed by atoms with Gasteiger partial charge in [0.15, 0.2) is 0 Å². The third kappa shape index (κ3) is 6.69. The summed E-state index contributed by atoms with van der Waals surface area (Å²) in [7, 11) is 0. The molecule has 0 bridgehead atoms. The van der Waals surface area contributed by atoms with Crippen molar-refractivity contribution < 1.29 is 14.4 Å². The van der Waals surface area contributed by atoms with Crippen molar-refractivity contribution in [2.75, 3.05) is 25.5 Å². The van der Waals surface area contributed by atoms with Gasteiger partial charge in [0.25, 0.3) is 5.91 Å². The highest BCUT2D eigenvalue weighted by atomic mass is 35.5. The summed E-state index contributed by atoms with van der Waals surface area (Å²) in [6, 6.07) is 8.64. The van der Waals surface area contributed by atoms with Crippen LogP contribution in [0.25, 0.3) is 0 Å². The van der Waals surface area contributed by atoms with Gasteiger partial charge in [-0.2, -0.15) is 0 Å². The molecule has 6 nitrogen and oxygen atoms in total. The third-order valence-corrected chi connectivity index (χ3v) is 3.80. The van der Waals surface area contributed by atoms with Gasteiger partial charge in [-0.25, -0.2) is 0 Å². The number of carbonyl (C=O) groups is 3. The Morgan fingerprint density at radius 3 is 2.22 bits per heavy atom. The molecule has 0 saturated heterocycles. The van der Waals surface area contributed by atoms with Gasteiger partial charge in [-0.3, -0.25) is 14.4 Å². The molecule has 0 saturated carbocycles. The number of benzene rings is 1. The molecule has 0 fully saturated rings.